The van der Waals surface area contributed by atoms with Crippen LogP contribution in [0.5, 0.6) is 0 Å². The van der Waals surface area contributed by atoms with E-state index in [1.807, 2.05) is 36.4 Å². The summed E-state index contributed by atoms with van der Waals surface area (Å²) in [6.45, 7) is 4.49. The molecule has 2 aliphatic rings. The highest BCUT2D eigenvalue weighted by molar-refractivity contribution is 7.90. The molecule has 0 unspecified atom stereocenters. The average Bonchev–Trinajstić information content (AvgIpc) is 4.15. The molecular weight excluding hydrogens is 815 g/mol. The molecule has 8 rings (SSSR count). The normalized spacial score (nSPS) is 18.9. The maximum atomic E-state index is 14.7. The summed E-state index contributed by atoms with van der Waals surface area (Å²) in [6, 6.07) is 17.1. The predicted molar refractivity (Wildman–Crippen MR) is 231 cm³/mol. The number of nitrogens with one attached hydrogen (secondary N) is 3. The maximum Gasteiger partial charge on any atom is 0.407 e. The largest absolute Gasteiger partial charge is 0.453 e. The van der Waals surface area contributed by atoms with Gasteiger partial charge in [-0.05, 0) is 63.8 Å². The molecule has 17 nitrogen and oxygen atoms in total. The van der Waals surface area contributed by atoms with Gasteiger partial charge < -0.3 is 45.0 Å². The van der Waals surface area contributed by atoms with E-state index >= 15 is 0 Å². The summed E-state index contributed by atoms with van der Waals surface area (Å²) in [5, 5.41) is 4.07. The zero-order valence-electron chi connectivity index (χ0n) is 35.2. The van der Waals surface area contributed by atoms with Crippen LogP contribution in [0.3, 0.4) is 0 Å². The van der Waals surface area contributed by atoms with Crippen molar-refractivity contribution >= 4 is 49.7 Å². The van der Waals surface area contributed by atoms with Gasteiger partial charge in [-0.25, -0.2) is 27.2 Å². The first-order chi connectivity index (χ1) is 29.9. The van der Waals surface area contributed by atoms with Gasteiger partial charge in [0.25, 0.3) is 10.0 Å². The molecule has 0 bridgehead atoms. The van der Waals surface area contributed by atoms with Crippen molar-refractivity contribution in [2.75, 3.05) is 34.4 Å². The molecule has 2 saturated heterocycles. The van der Waals surface area contributed by atoms with Crippen LogP contribution in [-0.2, 0) is 33.8 Å². The molecule has 5 heterocycles. The lowest BCUT2D eigenvalue weighted by molar-refractivity contribution is -0.138. The maximum absolute atomic E-state index is 14.7. The summed E-state index contributed by atoms with van der Waals surface area (Å²) in [6.07, 6.45) is 4.47. The highest BCUT2D eigenvalue weighted by Crippen LogP contribution is 2.39. The number of H-pyrrole nitrogens is 2. The SMILES string of the molecule is COC(=O)N[C@H](C(=O)N1CCC[C@H]1c1ncc(-c2ccc3c4ccc(-c5cnc([C@@H]6CCCN6C(=O)[C@@H](N)[C@@H](C)OC)[nH]5)cc4n(S(=O)(=O)c4ccccc4)c3c2)[nH]1)[C@@H](C)OC. The van der Waals surface area contributed by atoms with Gasteiger partial charge in [0.2, 0.25) is 11.8 Å². The Bertz CT molecular complexity index is 2730. The topological polar surface area (TPSA) is 220 Å². The third-order valence-electron chi connectivity index (χ3n) is 12.2. The second-order valence-electron chi connectivity index (χ2n) is 15.8. The summed E-state index contributed by atoms with van der Waals surface area (Å²) >= 11 is 0. The van der Waals surface area contributed by atoms with Gasteiger partial charge in [0.15, 0.2) is 0 Å². The molecule has 3 aromatic carbocycles. The number of methoxy groups -OCH3 is 3. The van der Waals surface area contributed by atoms with Crippen molar-refractivity contribution in [1.29, 1.82) is 0 Å². The Balaban J connectivity index is 1.16. The number of rotatable bonds is 13. The van der Waals surface area contributed by atoms with Gasteiger partial charge in [0, 0.05) is 49.2 Å². The number of nitrogens with two attached hydrogens (primary N) is 1. The minimum absolute atomic E-state index is 0.128. The Morgan fingerprint density at radius 2 is 1.27 bits per heavy atom. The number of nitrogens with zero attached hydrogens (tertiary/aromatic N) is 5. The highest BCUT2D eigenvalue weighted by Gasteiger charge is 2.39. The fourth-order valence-corrected chi connectivity index (χ4v) is 10.2. The fraction of sp³-hybridized carbons (Fsp3) is 0.386. The molecule has 0 aliphatic carbocycles. The summed E-state index contributed by atoms with van der Waals surface area (Å²) in [4.78, 5) is 59.2. The number of fused-ring (bicyclic) bond motifs is 3. The minimum Gasteiger partial charge on any atom is -0.453 e. The molecule has 5 N–H and O–H groups in total. The van der Waals surface area contributed by atoms with Crippen molar-refractivity contribution in [3.05, 3.63) is 90.8 Å². The lowest BCUT2D eigenvalue weighted by Gasteiger charge is -2.30. The summed E-state index contributed by atoms with van der Waals surface area (Å²) in [5.74, 6) is 0.665. The number of carbonyl (C=O) groups excluding carboxylic acids is 3. The lowest BCUT2D eigenvalue weighted by atomic mass is 10.1. The van der Waals surface area contributed by atoms with E-state index in [1.54, 1.807) is 66.4 Å². The molecule has 62 heavy (non-hydrogen) atoms. The second kappa shape index (κ2) is 17.4. The molecule has 2 fully saturated rings. The number of alkyl carbamates (subject to hydrolysis) is 1. The van der Waals surface area contributed by atoms with Crippen molar-refractivity contribution in [1.82, 2.24) is 39.0 Å². The van der Waals surface area contributed by atoms with Gasteiger partial charge in [-0.3, -0.25) is 9.59 Å². The fourth-order valence-electron chi connectivity index (χ4n) is 8.63. The van der Waals surface area contributed by atoms with Gasteiger partial charge in [-0.15, -0.1) is 0 Å². The molecule has 6 aromatic rings. The zero-order chi connectivity index (χ0) is 43.9. The average molecular weight is 866 g/mol. The number of hydrogen-bond acceptors (Lipinski definition) is 11. The number of ether oxygens (including phenoxy) is 3. The van der Waals surface area contributed by atoms with E-state index in [-0.39, 0.29) is 22.8 Å². The summed E-state index contributed by atoms with van der Waals surface area (Å²) < 4.78 is 46.3. The first-order valence-corrected chi connectivity index (χ1v) is 22.1. The number of carbonyl (C=O) groups is 3. The Morgan fingerprint density at radius 1 is 0.758 bits per heavy atom. The van der Waals surface area contributed by atoms with E-state index in [0.29, 0.717) is 64.7 Å². The van der Waals surface area contributed by atoms with Crippen LogP contribution in [0, 0.1) is 0 Å². The van der Waals surface area contributed by atoms with Gasteiger partial charge in [0.05, 0.1) is 71.1 Å². The smallest absolute Gasteiger partial charge is 0.407 e. The molecule has 0 radical (unpaired) electrons. The lowest BCUT2D eigenvalue weighted by Crippen LogP contribution is -2.54. The van der Waals surface area contributed by atoms with Crippen LogP contribution in [0.15, 0.2) is 84.0 Å². The van der Waals surface area contributed by atoms with Crippen molar-refractivity contribution in [2.24, 2.45) is 5.73 Å². The Kier molecular flexibility index (Phi) is 11.9. The van der Waals surface area contributed by atoms with E-state index in [4.69, 9.17) is 29.9 Å². The third-order valence-corrected chi connectivity index (χ3v) is 14.0. The molecule has 2 aliphatic heterocycles. The number of benzene rings is 3. The van der Waals surface area contributed by atoms with E-state index in [0.717, 1.165) is 30.0 Å². The zero-order valence-corrected chi connectivity index (χ0v) is 36.0. The van der Waals surface area contributed by atoms with E-state index in [1.165, 1.54) is 25.3 Å². The molecule has 6 atom stereocenters. The monoisotopic (exact) mass is 865 g/mol. The van der Waals surface area contributed by atoms with Crippen molar-refractivity contribution in [3.63, 3.8) is 0 Å². The Hall–Kier alpha value is -6.08. The number of aromatic nitrogens is 5. The van der Waals surface area contributed by atoms with Crippen LogP contribution in [0.2, 0.25) is 0 Å². The first-order valence-electron chi connectivity index (χ1n) is 20.6. The van der Waals surface area contributed by atoms with Crippen LogP contribution >= 0.6 is 0 Å². The summed E-state index contributed by atoms with van der Waals surface area (Å²) in [7, 11) is 0.0954. The standard InChI is InChI=1S/C44H51N9O8S/c1-25(59-3)38(45)42(54)51-19-9-13-34(51)40-46-23-32(48-40)27-15-17-30-31-18-16-28(22-37(31)53(36(30)21-27)62(57,58)29-11-7-6-8-12-29)33-24-47-41(49-33)35-14-10-20-52(35)43(55)39(26(2)60-4)50-44(56)61-5/h6-8,11-12,15-18,21-26,34-35,38-39H,9-10,13-14,19-20,45H2,1-5H3,(H,46,48)(H,47,49)(H,50,56)/t25-,26-,34+,35+,38+,39+/m1/s1. The number of hydrogen-bond donors (Lipinski definition) is 4. The Labute approximate surface area is 359 Å². The number of likely N-dealkylation sites (tertiary alicyclic amines) is 2. The van der Waals surface area contributed by atoms with Crippen molar-refractivity contribution in [2.45, 2.75) is 80.8 Å². The molecular formula is C44H51N9O8S. The van der Waals surface area contributed by atoms with Crippen LogP contribution < -0.4 is 11.1 Å². The van der Waals surface area contributed by atoms with Crippen LogP contribution in [-0.4, -0.2) is 119 Å². The summed E-state index contributed by atoms with van der Waals surface area (Å²) in [5.41, 5.74) is 9.88. The number of aromatic amines is 2. The van der Waals surface area contributed by atoms with Gasteiger partial charge >= 0.3 is 6.09 Å². The molecule has 0 saturated carbocycles. The van der Waals surface area contributed by atoms with Crippen LogP contribution in [0.25, 0.3) is 44.3 Å². The number of amides is 3. The van der Waals surface area contributed by atoms with Gasteiger partial charge in [0.1, 0.15) is 23.7 Å². The Morgan fingerprint density at radius 3 is 1.77 bits per heavy atom. The van der Waals surface area contributed by atoms with E-state index in [2.05, 4.69) is 15.3 Å². The quantitative estimate of drug-likeness (QED) is 0.117. The van der Waals surface area contributed by atoms with Crippen LogP contribution in [0.1, 0.15) is 63.3 Å². The highest BCUT2D eigenvalue weighted by atomic mass is 32.2. The van der Waals surface area contributed by atoms with E-state index in [9.17, 15) is 22.8 Å². The van der Waals surface area contributed by atoms with Gasteiger partial charge in [-0.2, -0.15) is 0 Å². The third kappa shape index (κ3) is 7.71. The van der Waals surface area contributed by atoms with E-state index < -0.39 is 46.4 Å². The van der Waals surface area contributed by atoms with Gasteiger partial charge in [-0.1, -0.05) is 42.5 Å². The van der Waals surface area contributed by atoms with Crippen molar-refractivity contribution < 1.29 is 37.0 Å². The molecule has 3 amide bonds. The second-order valence-corrected chi connectivity index (χ2v) is 17.6. The first kappa shape index (κ1) is 42.6. The van der Waals surface area contributed by atoms with Crippen LogP contribution in [0.4, 0.5) is 4.79 Å². The molecule has 18 heteroatoms. The van der Waals surface area contributed by atoms with Crippen molar-refractivity contribution in [3.8, 4) is 22.5 Å². The predicted octanol–water partition coefficient (Wildman–Crippen LogP) is 5.26. The minimum atomic E-state index is -4.14. The number of imidazole rings is 2. The molecule has 326 valence electrons. The molecule has 0 spiro atoms. The molecule has 3 aromatic heterocycles.